The number of aromatic nitrogens is 1. The number of carbonyl (C=O) groups excluding carboxylic acids is 1. The van der Waals surface area contributed by atoms with Crippen molar-refractivity contribution >= 4 is 32.9 Å². The number of amides is 1. The average molecular weight is 354 g/mol. The van der Waals surface area contributed by atoms with Crippen LogP contribution >= 0.6 is 0 Å². The van der Waals surface area contributed by atoms with Gasteiger partial charge in [-0.2, -0.15) is 8.42 Å². The van der Waals surface area contributed by atoms with Gasteiger partial charge in [0.2, 0.25) is 0 Å². The van der Waals surface area contributed by atoms with E-state index in [1.54, 1.807) is 0 Å². The third-order valence-electron chi connectivity index (χ3n) is 3.46. The molecule has 10 heteroatoms. The predicted molar refractivity (Wildman–Crippen MR) is 88.4 cm³/mol. The Bertz CT molecular complexity index is 895. The predicted octanol–water partition coefficient (Wildman–Crippen LogP) is 0.275. The standard InChI is InChI=1S/C13H14N4O2.CH4O3S/c14-13(15)17-12(19)11-7-4-5-9(18)6-2-1-3-8(16-11)10(6)7;1-5(2,3)4/h1-3,9,16,18H,4-5H2,(H4,14,15,17,19);1H3,(H,2,3,4). The summed E-state index contributed by atoms with van der Waals surface area (Å²) in [6.07, 6.45) is 1.44. The number of hydrogen-bond donors (Lipinski definition) is 6. The molecule has 0 radical (unpaired) electrons. The van der Waals surface area contributed by atoms with Crippen LogP contribution in [-0.4, -0.2) is 41.2 Å². The SMILES string of the molecule is CS(=O)(=O)O.N=C(N)NC(=O)c1[nH]c2cccc3c2c1CCC3O. The highest BCUT2D eigenvalue weighted by molar-refractivity contribution is 7.85. The maximum absolute atomic E-state index is 12.0. The van der Waals surface area contributed by atoms with Crippen molar-refractivity contribution in [2.24, 2.45) is 5.73 Å². The highest BCUT2D eigenvalue weighted by Gasteiger charge is 2.26. The number of guanidine groups is 1. The third kappa shape index (κ3) is 4.10. The van der Waals surface area contributed by atoms with Crippen molar-refractivity contribution in [3.63, 3.8) is 0 Å². The monoisotopic (exact) mass is 354 g/mol. The van der Waals surface area contributed by atoms with Gasteiger partial charge in [-0.05, 0) is 30.0 Å². The molecule has 1 aliphatic rings. The summed E-state index contributed by atoms with van der Waals surface area (Å²) in [6.45, 7) is 0. The van der Waals surface area contributed by atoms with Gasteiger partial charge in [-0.25, -0.2) is 0 Å². The second-order valence-corrected chi connectivity index (χ2v) is 6.87. The van der Waals surface area contributed by atoms with Gasteiger partial charge in [0.15, 0.2) is 5.96 Å². The van der Waals surface area contributed by atoms with Crippen LogP contribution in [0.25, 0.3) is 10.9 Å². The van der Waals surface area contributed by atoms with E-state index in [2.05, 4.69) is 10.3 Å². The van der Waals surface area contributed by atoms with Gasteiger partial charge in [-0.15, -0.1) is 0 Å². The van der Waals surface area contributed by atoms with Gasteiger partial charge in [-0.1, -0.05) is 12.1 Å². The zero-order valence-electron chi connectivity index (χ0n) is 12.8. The van der Waals surface area contributed by atoms with E-state index < -0.39 is 22.1 Å². The molecule has 9 nitrogen and oxygen atoms in total. The summed E-state index contributed by atoms with van der Waals surface area (Å²) < 4.78 is 25.9. The molecule has 1 unspecified atom stereocenters. The van der Waals surface area contributed by atoms with E-state index in [1.807, 2.05) is 18.2 Å². The van der Waals surface area contributed by atoms with E-state index in [0.717, 1.165) is 22.0 Å². The fourth-order valence-electron chi connectivity index (χ4n) is 2.69. The molecule has 24 heavy (non-hydrogen) atoms. The van der Waals surface area contributed by atoms with Gasteiger partial charge >= 0.3 is 0 Å². The highest BCUT2D eigenvalue weighted by Crippen LogP contribution is 2.37. The summed E-state index contributed by atoms with van der Waals surface area (Å²) in [6, 6.07) is 5.58. The molecule has 0 fully saturated rings. The van der Waals surface area contributed by atoms with Gasteiger partial charge in [0, 0.05) is 10.9 Å². The molecule has 0 spiro atoms. The maximum Gasteiger partial charge on any atom is 0.274 e. The Morgan fingerprint density at radius 2 is 2.08 bits per heavy atom. The van der Waals surface area contributed by atoms with Gasteiger partial charge in [-0.3, -0.25) is 20.1 Å². The van der Waals surface area contributed by atoms with Crippen molar-refractivity contribution in [2.45, 2.75) is 18.9 Å². The average Bonchev–Trinajstić information content (AvgIpc) is 2.81. The molecule has 7 N–H and O–H groups in total. The molecular weight excluding hydrogens is 336 g/mol. The number of nitrogens with two attached hydrogens (primary N) is 1. The Hall–Kier alpha value is -2.43. The van der Waals surface area contributed by atoms with Crippen LogP contribution in [0.1, 0.15) is 34.1 Å². The summed E-state index contributed by atoms with van der Waals surface area (Å²) in [5.41, 5.74) is 8.15. The molecule has 0 aliphatic heterocycles. The summed E-state index contributed by atoms with van der Waals surface area (Å²) in [5.74, 6) is -0.798. The number of aryl methyl sites for hydroxylation is 1. The quantitative estimate of drug-likeness (QED) is 0.244. The molecule has 130 valence electrons. The number of aliphatic hydroxyl groups is 1. The number of rotatable bonds is 1. The lowest BCUT2D eigenvalue weighted by atomic mass is 9.89. The van der Waals surface area contributed by atoms with Crippen LogP contribution < -0.4 is 11.1 Å². The Morgan fingerprint density at radius 3 is 2.67 bits per heavy atom. The minimum Gasteiger partial charge on any atom is -0.388 e. The fraction of sp³-hybridized carbons (Fsp3) is 0.286. The van der Waals surface area contributed by atoms with Crippen LogP contribution in [0, 0.1) is 5.41 Å². The first-order chi connectivity index (χ1) is 11.1. The minimum absolute atomic E-state index is 0.382. The van der Waals surface area contributed by atoms with Crippen LogP contribution in [0.2, 0.25) is 0 Å². The molecule has 0 bridgehead atoms. The number of benzene rings is 1. The van der Waals surface area contributed by atoms with Crippen LogP contribution in [0.5, 0.6) is 0 Å². The van der Waals surface area contributed by atoms with Crippen LogP contribution in [0.3, 0.4) is 0 Å². The summed E-state index contributed by atoms with van der Waals surface area (Å²) in [4.78, 5) is 15.0. The van der Waals surface area contributed by atoms with E-state index in [-0.39, 0.29) is 5.96 Å². The molecule has 1 amide bonds. The summed E-state index contributed by atoms with van der Waals surface area (Å²) in [5, 5.41) is 20.3. The molecule has 0 saturated carbocycles. The molecule has 1 atom stereocenters. The molecule has 2 aromatic rings. The first-order valence-electron chi connectivity index (χ1n) is 6.97. The summed E-state index contributed by atoms with van der Waals surface area (Å²) in [7, 11) is -3.67. The second-order valence-electron chi connectivity index (χ2n) is 5.40. The first kappa shape index (κ1) is 17.9. The van der Waals surface area contributed by atoms with Crippen molar-refractivity contribution in [2.75, 3.05) is 6.26 Å². The van der Waals surface area contributed by atoms with Crippen molar-refractivity contribution in [1.82, 2.24) is 10.3 Å². The van der Waals surface area contributed by atoms with E-state index in [0.29, 0.717) is 24.8 Å². The Balaban J connectivity index is 0.000000368. The molecule has 1 aromatic heterocycles. The molecule has 3 rings (SSSR count). The number of H-pyrrole nitrogens is 1. The van der Waals surface area contributed by atoms with Crippen molar-refractivity contribution < 1.29 is 22.9 Å². The lowest BCUT2D eigenvalue weighted by molar-refractivity contribution is 0.0970. The van der Waals surface area contributed by atoms with Crippen molar-refractivity contribution in [3.8, 4) is 0 Å². The smallest absolute Gasteiger partial charge is 0.274 e. The molecular formula is C14H18N4O5S. The minimum atomic E-state index is -3.67. The number of aliphatic hydroxyl groups excluding tert-OH is 1. The van der Waals surface area contributed by atoms with Gasteiger partial charge in [0.25, 0.3) is 16.0 Å². The van der Waals surface area contributed by atoms with Gasteiger partial charge < -0.3 is 15.8 Å². The normalized spacial score (nSPS) is 16.2. The Kier molecular flexibility index (Phi) is 4.92. The molecule has 1 aromatic carbocycles. The van der Waals surface area contributed by atoms with E-state index in [1.165, 1.54) is 0 Å². The number of aromatic amines is 1. The number of hydrogen-bond acceptors (Lipinski definition) is 5. The summed E-state index contributed by atoms with van der Waals surface area (Å²) >= 11 is 0. The van der Waals surface area contributed by atoms with Crippen LogP contribution in [-0.2, 0) is 16.5 Å². The zero-order chi connectivity index (χ0) is 18.1. The highest BCUT2D eigenvalue weighted by atomic mass is 32.2. The molecule has 1 aliphatic carbocycles. The van der Waals surface area contributed by atoms with Gasteiger partial charge in [0.05, 0.1) is 12.4 Å². The third-order valence-corrected chi connectivity index (χ3v) is 3.46. The van der Waals surface area contributed by atoms with E-state index in [4.69, 9.17) is 15.7 Å². The largest absolute Gasteiger partial charge is 0.388 e. The maximum atomic E-state index is 12.0. The van der Waals surface area contributed by atoms with Gasteiger partial charge in [0.1, 0.15) is 5.69 Å². The zero-order valence-corrected chi connectivity index (χ0v) is 13.6. The number of nitrogens with one attached hydrogen (secondary N) is 3. The Morgan fingerprint density at radius 1 is 1.46 bits per heavy atom. The van der Waals surface area contributed by atoms with Crippen LogP contribution in [0.4, 0.5) is 0 Å². The first-order valence-corrected chi connectivity index (χ1v) is 8.82. The van der Waals surface area contributed by atoms with E-state index >= 15 is 0 Å². The lowest BCUT2D eigenvalue weighted by Gasteiger charge is -2.18. The Labute approximate surface area is 138 Å². The number of carbonyl (C=O) groups is 1. The van der Waals surface area contributed by atoms with Crippen molar-refractivity contribution in [3.05, 3.63) is 35.0 Å². The van der Waals surface area contributed by atoms with E-state index in [9.17, 15) is 18.3 Å². The van der Waals surface area contributed by atoms with Crippen LogP contribution in [0.15, 0.2) is 18.2 Å². The lowest BCUT2D eigenvalue weighted by Crippen LogP contribution is -2.36. The fourth-order valence-corrected chi connectivity index (χ4v) is 2.69. The molecule has 1 heterocycles. The topological polar surface area (TPSA) is 169 Å². The van der Waals surface area contributed by atoms with Crippen molar-refractivity contribution in [1.29, 1.82) is 5.41 Å². The second kappa shape index (κ2) is 6.59. The molecule has 0 saturated heterocycles.